The molecule has 0 fully saturated rings. The second-order valence-corrected chi connectivity index (χ2v) is 3.69. The summed E-state index contributed by atoms with van der Waals surface area (Å²) in [6, 6.07) is 6.61. The van der Waals surface area contributed by atoms with E-state index in [4.69, 9.17) is 0 Å². The molecular weight excluding hydrogens is 146 g/mol. The highest BCUT2D eigenvalue weighted by Gasteiger charge is 2.27. The summed E-state index contributed by atoms with van der Waals surface area (Å²) in [5.41, 5.74) is 4.48. The van der Waals surface area contributed by atoms with Crippen LogP contribution in [0.1, 0.15) is 29.9 Å². The van der Waals surface area contributed by atoms with Crippen LogP contribution in [0.15, 0.2) is 18.2 Å². The van der Waals surface area contributed by atoms with Gasteiger partial charge in [-0.2, -0.15) is 0 Å². The van der Waals surface area contributed by atoms with Gasteiger partial charge in [-0.15, -0.1) is 0 Å². The van der Waals surface area contributed by atoms with Gasteiger partial charge in [0.2, 0.25) is 0 Å². The van der Waals surface area contributed by atoms with Crippen molar-refractivity contribution in [3.63, 3.8) is 0 Å². The molecule has 1 unspecified atom stereocenters. The van der Waals surface area contributed by atoms with Crippen molar-refractivity contribution in [1.29, 1.82) is 0 Å². The van der Waals surface area contributed by atoms with E-state index in [0.29, 0.717) is 5.92 Å². The first kappa shape index (κ1) is 6.53. The van der Waals surface area contributed by atoms with Gasteiger partial charge in [0.15, 0.2) is 0 Å². The average molecular weight is 158 g/mol. The smallest absolute Gasteiger partial charge is 0.0538 e. The Bertz CT molecular complexity index is 317. The molecule has 0 aromatic heterocycles. The van der Waals surface area contributed by atoms with Gasteiger partial charge in [0.05, 0.1) is 6.54 Å². The molecule has 1 heterocycles. The van der Waals surface area contributed by atoms with Crippen LogP contribution in [-0.2, 0) is 6.42 Å². The summed E-state index contributed by atoms with van der Waals surface area (Å²) in [6.07, 6.45) is 3.95. The molecule has 1 heteroatoms. The van der Waals surface area contributed by atoms with Crippen molar-refractivity contribution in [3.05, 3.63) is 35.9 Å². The Morgan fingerprint density at radius 1 is 1.33 bits per heavy atom. The van der Waals surface area contributed by atoms with Crippen LogP contribution in [0.4, 0.5) is 5.69 Å². The second-order valence-electron chi connectivity index (χ2n) is 3.69. The molecule has 2 aliphatic rings. The van der Waals surface area contributed by atoms with E-state index in [1.54, 1.807) is 11.1 Å². The Balaban J connectivity index is 2.23. The normalized spacial score (nSPS) is 24.8. The van der Waals surface area contributed by atoms with Crippen LogP contribution >= 0.6 is 0 Å². The Morgan fingerprint density at radius 3 is 3.33 bits per heavy atom. The molecule has 1 aliphatic heterocycles. The third kappa shape index (κ3) is 0.739. The van der Waals surface area contributed by atoms with Gasteiger partial charge in [-0.05, 0) is 36.5 Å². The van der Waals surface area contributed by atoms with Crippen molar-refractivity contribution in [1.82, 2.24) is 0 Å². The average Bonchev–Trinajstić information content (AvgIpc) is 2.52. The molecule has 1 aromatic carbocycles. The van der Waals surface area contributed by atoms with Crippen molar-refractivity contribution in [3.8, 4) is 0 Å². The predicted octanol–water partition coefficient (Wildman–Crippen LogP) is 2.69. The maximum absolute atomic E-state index is 3.36. The van der Waals surface area contributed by atoms with E-state index in [9.17, 15) is 0 Å². The Labute approximate surface area is 72.8 Å². The molecule has 1 aliphatic carbocycles. The summed E-state index contributed by atoms with van der Waals surface area (Å²) in [7, 11) is 0. The lowest BCUT2D eigenvalue weighted by Gasteiger charge is -2.19. The molecule has 1 atom stereocenters. The Hall–Kier alpha value is -0.980. The van der Waals surface area contributed by atoms with E-state index in [0.717, 1.165) is 0 Å². The molecule has 0 amide bonds. The molecule has 3 rings (SSSR count). The zero-order valence-corrected chi connectivity index (χ0v) is 7.01. The van der Waals surface area contributed by atoms with Crippen molar-refractivity contribution < 1.29 is 0 Å². The van der Waals surface area contributed by atoms with E-state index in [1.807, 2.05) is 0 Å². The van der Waals surface area contributed by atoms with Crippen molar-refractivity contribution in [2.45, 2.75) is 25.2 Å². The van der Waals surface area contributed by atoms with Gasteiger partial charge >= 0.3 is 0 Å². The topological polar surface area (TPSA) is 12.0 Å². The summed E-state index contributed by atoms with van der Waals surface area (Å²) >= 11 is 0. The van der Waals surface area contributed by atoms with E-state index in [2.05, 4.69) is 30.1 Å². The zero-order chi connectivity index (χ0) is 7.97. The fraction of sp³-hybridized carbons (Fsp3) is 0.364. The van der Waals surface area contributed by atoms with Gasteiger partial charge in [-0.3, -0.25) is 0 Å². The third-order valence-electron chi connectivity index (χ3n) is 2.97. The fourth-order valence-electron chi connectivity index (χ4n) is 2.41. The maximum Gasteiger partial charge on any atom is 0.0538 e. The maximum atomic E-state index is 3.36. The number of nitrogens with one attached hydrogen (secondary N) is 1. The van der Waals surface area contributed by atoms with E-state index < -0.39 is 0 Å². The first-order valence-corrected chi connectivity index (χ1v) is 4.67. The molecule has 1 N–H and O–H groups in total. The molecule has 1 aromatic rings. The van der Waals surface area contributed by atoms with Gasteiger partial charge in [-0.25, -0.2) is 0 Å². The lowest BCUT2D eigenvalue weighted by molar-refractivity contribution is 0.622. The predicted molar refractivity (Wildman–Crippen MR) is 50.0 cm³/mol. The van der Waals surface area contributed by atoms with E-state index >= 15 is 0 Å². The zero-order valence-electron chi connectivity index (χ0n) is 7.01. The standard InChI is InChI=1S/C11H12N/c1-3-8-4-2-6-10-11(8)9(5-1)7-12-10/h2,4,6-7,9,12H,1,3,5H2. The summed E-state index contributed by atoms with van der Waals surface area (Å²) in [6.45, 7) is 2.24. The molecular formula is C11H12N. The van der Waals surface area contributed by atoms with E-state index in [1.165, 1.54) is 24.9 Å². The van der Waals surface area contributed by atoms with Gasteiger partial charge in [-0.1, -0.05) is 12.1 Å². The van der Waals surface area contributed by atoms with Crippen LogP contribution in [0.5, 0.6) is 0 Å². The molecule has 0 saturated carbocycles. The van der Waals surface area contributed by atoms with Crippen LogP contribution in [0.3, 0.4) is 0 Å². The molecule has 1 radical (unpaired) electrons. The van der Waals surface area contributed by atoms with Gasteiger partial charge in [0, 0.05) is 11.6 Å². The fourth-order valence-corrected chi connectivity index (χ4v) is 2.41. The number of anilines is 1. The second kappa shape index (κ2) is 2.25. The van der Waals surface area contributed by atoms with Crippen LogP contribution in [0.2, 0.25) is 0 Å². The van der Waals surface area contributed by atoms with Crippen molar-refractivity contribution in [2.75, 3.05) is 5.32 Å². The third-order valence-corrected chi connectivity index (χ3v) is 2.97. The number of benzene rings is 1. The lowest BCUT2D eigenvalue weighted by atomic mass is 9.84. The molecule has 1 nitrogen and oxygen atoms in total. The molecule has 12 heavy (non-hydrogen) atoms. The first-order valence-electron chi connectivity index (χ1n) is 4.67. The number of hydrogen-bond acceptors (Lipinski definition) is 1. The summed E-state index contributed by atoms with van der Waals surface area (Å²) in [4.78, 5) is 0. The van der Waals surface area contributed by atoms with Crippen LogP contribution in [-0.4, -0.2) is 0 Å². The van der Waals surface area contributed by atoms with Gasteiger partial charge in [0.1, 0.15) is 0 Å². The highest BCUT2D eigenvalue weighted by Crippen LogP contribution is 2.42. The lowest BCUT2D eigenvalue weighted by Crippen LogP contribution is -2.05. The number of aryl methyl sites for hydroxylation is 1. The number of hydrogen-bond donors (Lipinski definition) is 1. The first-order chi connectivity index (χ1) is 5.95. The summed E-state index contributed by atoms with van der Waals surface area (Å²) in [5.74, 6) is 0.699. The summed E-state index contributed by atoms with van der Waals surface area (Å²) in [5, 5.41) is 3.36. The van der Waals surface area contributed by atoms with Crippen LogP contribution < -0.4 is 5.32 Å². The highest BCUT2D eigenvalue weighted by molar-refractivity contribution is 5.63. The Morgan fingerprint density at radius 2 is 2.33 bits per heavy atom. The van der Waals surface area contributed by atoms with E-state index in [-0.39, 0.29) is 0 Å². The molecule has 0 spiro atoms. The molecule has 0 bridgehead atoms. The van der Waals surface area contributed by atoms with Gasteiger partial charge < -0.3 is 5.32 Å². The minimum atomic E-state index is 0.699. The molecule has 61 valence electrons. The minimum absolute atomic E-state index is 0.699. The van der Waals surface area contributed by atoms with Crippen molar-refractivity contribution in [2.24, 2.45) is 0 Å². The summed E-state index contributed by atoms with van der Waals surface area (Å²) < 4.78 is 0. The van der Waals surface area contributed by atoms with Gasteiger partial charge in [0.25, 0.3) is 0 Å². The highest BCUT2D eigenvalue weighted by atomic mass is 14.9. The quantitative estimate of drug-likeness (QED) is 0.612. The number of rotatable bonds is 0. The minimum Gasteiger partial charge on any atom is -0.379 e. The molecule has 0 saturated heterocycles. The van der Waals surface area contributed by atoms with Crippen molar-refractivity contribution >= 4 is 5.69 Å². The van der Waals surface area contributed by atoms with Crippen LogP contribution in [0, 0.1) is 6.54 Å². The largest absolute Gasteiger partial charge is 0.379 e. The van der Waals surface area contributed by atoms with Crippen LogP contribution in [0.25, 0.3) is 0 Å². The monoisotopic (exact) mass is 158 g/mol. The SMILES string of the molecule is [CH]1Nc2cccc3c2C1CCC3. The Kier molecular flexibility index (Phi) is 1.23.